The lowest BCUT2D eigenvalue weighted by atomic mass is 10.3. The number of aromatic nitrogens is 6. The maximum Gasteiger partial charge on any atom is 0.158 e. The number of fused-ring (bicyclic) bond motifs is 3. The number of hydrogen-bond acceptors (Lipinski definition) is 3. The average Bonchev–Trinajstić information content (AvgIpc) is 3.48. The molecule has 5 aromatic heterocycles. The molecule has 0 aliphatic heterocycles. The second-order valence-corrected chi connectivity index (χ2v) is 5.80. The van der Waals surface area contributed by atoms with Crippen LogP contribution in [0.4, 0.5) is 0 Å². The van der Waals surface area contributed by atoms with E-state index in [1.54, 1.807) is 12.4 Å². The zero-order valence-electron chi connectivity index (χ0n) is 14.5. The molecule has 6 heteroatoms. The van der Waals surface area contributed by atoms with Gasteiger partial charge in [0, 0.05) is 35.8 Å². The van der Waals surface area contributed by atoms with Gasteiger partial charge in [0.1, 0.15) is 6.33 Å². The summed E-state index contributed by atoms with van der Waals surface area (Å²) in [4.78, 5) is 10.8. The number of H-pyrrole nitrogens is 2. The van der Waals surface area contributed by atoms with Crippen molar-refractivity contribution in [3.63, 3.8) is 0 Å². The van der Waals surface area contributed by atoms with E-state index in [0.717, 1.165) is 11.0 Å². The Morgan fingerprint density at radius 3 is 2.52 bits per heavy atom. The zero-order chi connectivity index (χ0) is 18.3. The summed E-state index contributed by atoms with van der Waals surface area (Å²) in [5.41, 5.74) is 3.24. The van der Waals surface area contributed by atoms with E-state index in [-0.39, 0.29) is 0 Å². The number of rotatable bonds is 0. The molecule has 0 aliphatic rings. The Bertz CT molecular complexity index is 1000. The second-order valence-electron chi connectivity index (χ2n) is 5.80. The molecule has 0 amide bonds. The summed E-state index contributed by atoms with van der Waals surface area (Å²) in [6.45, 7) is 0. The standard InChI is InChI=1S/2C8H7N.C5H4N4/c1-2-6-9-7-3-5-8(9)4-1;1-2-4-8-7(3-1)5-6-9-8;1-4-2-8-9-5(4)7-3-6-1/h1-7H;1-6,9H;1-3H,(H,6,7,8,9). The molecule has 0 radical (unpaired) electrons. The van der Waals surface area contributed by atoms with E-state index >= 15 is 0 Å². The fourth-order valence-electron chi connectivity index (χ4n) is 2.67. The van der Waals surface area contributed by atoms with Gasteiger partial charge < -0.3 is 9.38 Å². The third-order valence-electron chi connectivity index (χ3n) is 4.01. The third kappa shape index (κ3) is 4.01. The average molecular weight is 354 g/mol. The van der Waals surface area contributed by atoms with Crippen molar-refractivity contribution in [2.75, 3.05) is 0 Å². The molecular weight excluding hydrogens is 336 g/mol. The highest BCUT2D eigenvalue weighted by Crippen LogP contribution is 2.09. The minimum Gasteiger partial charge on any atom is -0.361 e. The van der Waals surface area contributed by atoms with Crippen molar-refractivity contribution in [3.05, 3.63) is 98.0 Å². The minimum absolute atomic E-state index is 0.782. The lowest BCUT2D eigenvalue weighted by Crippen LogP contribution is -1.75. The lowest BCUT2D eigenvalue weighted by Gasteiger charge is -1.88. The molecule has 0 unspecified atom stereocenters. The third-order valence-corrected chi connectivity index (χ3v) is 4.01. The largest absolute Gasteiger partial charge is 0.361 e. The monoisotopic (exact) mass is 354 g/mol. The van der Waals surface area contributed by atoms with E-state index in [2.05, 4.69) is 59.9 Å². The molecule has 6 rings (SSSR count). The normalized spacial score (nSPS) is 10.2. The van der Waals surface area contributed by atoms with Gasteiger partial charge in [-0.05, 0) is 41.8 Å². The zero-order valence-corrected chi connectivity index (χ0v) is 14.5. The van der Waals surface area contributed by atoms with E-state index in [0.29, 0.717) is 0 Å². The number of aromatic amines is 2. The van der Waals surface area contributed by atoms with Crippen molar-refractivity contribution in [1.29, 1.82) is 0 Å². The number of pyridine rings is 1. The summed E-state index contributed by atoms with van der Waals surface area (Å²) in [7, 11) is 0. The predicted molar refractivity (Wildman–Crippen MR) is 107 cm³/mol. The van der Waals surface area contributed by atoms with Crippen molar-refractivity contribution < 1.29 is 0 Å². The Morgan fingerprint density at radius 2 is 1.63 bits per heavy atom. The smallest absolute Gasteiger partial charge is 0.158 e. The van der Waals surface area contributed by atoms with Gasteiger partial charge in [0.15, 0.2) is 5.65 Å². The lowest BCUT2D eigenvalue weighted by molar-refractivity contribution is 1.09. The minimum atomic E-state index is 0.782. The quantitative estimate of drug-likeness (QED) is 0.423. The molecule has 0 fully saturated rings. The van der Waals surface area contributed by atoms with Crippen LogP contribution < -0.4 is 0 Å². The molecule has 27 heavy (non-hydrogen) atoms. The van der Waals surface area contributed by atoms with Gasteiger partial charge in [-0.25, -0.2) is 9.97 Å². The van der Waals surface area contributed by atoms with Crippen LogP contribution in [0.1, 0.15) is 0 Å². The molecule has 132 valence electrons. The highest BCUT2D eigenvalue weighted by atomic mass is 15.1. The second kappa shape index (κ2) is 7.97. The van der Waals surface area contributed by atoms with Crippen LogP contribution in [0.15, 0.2) is 98.0 Å². The number of nitrogens with one attached hydrogen (secondary N) is 2. The summed E-state index contributed by atoms with van der Waals surface area (Å²) >= 11 is 0. The fourth-order valence-corrected chi connectivity index (χ4v) is 2.67. The van der Waals surface area contributed by atoms with E-state index < -0.39 is 0 Å². The van der Waals surface area contributed by atoms with Crippen LogP contribution in [-0.2, 0) is 0 Å². The van der Waals surface area contributed by atoms with Crippen LogP contribution >= 0.6 is 0 Å². The van der Waals surface area contributed by atoms with Crippen molar-refractivity contribution in [1.82, 2.24) is 29.5 Å². The van der Waals surface area contributed by atoms with Crippen LogP contribution in [0.2, 0.25) is 0 Å². The van der Waals surface area contributed by atoms with Crippen LogP contribution in [0, 0.1) is 0 Å². The van der Waals surface area contributed by atoms with Gasteiger partial charge in [-0.3, -0.25) is 5.10 Å². The van der Waals surface area contributed by atoms with Gasteiger partial charge >= 0.3 is 0 Å². The van der Waals surface area contributed by atoms with Crippen LogP contribution in [0.3, 0.4) is 0 Å². The molecule has 0 saturated carbocycles. The van der Waals surface area contributed by atoms with Crippen molar-refractivity contribution in [2.24, 2.45) is 0 Å². The first-order valence-corrected chi connectivity index (χ1v) is 8.53. The first-order valence-electron chi connectivity index (χ1n) is 8.53. The maximum absolute atomic E-state index is 3.91. The molecule has 6 aromatic rings. The van der Waals surface area contributed by atoms with Gasteiger partial charge in [-0.15, -0.1) is 0 Å². The fraction of sp³-hybridized carbons (Fsp3) is 0. The first kappa shape index (κ1) is 16.5. The van der Waals surface area contributed by atoms with Gasteiger partial charge in [0.2, 0.25) is 0 Å². The van der Waals surface area contributed by atoms with Gasteiger partial charge in [0.25, 0.3) is 0 Å². The maximum atomic E-state index is 3.91. The summed E-state index contributed by atoms with van der Waals surface area (Å²) in [5.74, 6) is 0. The molecule has 0 spiro atoms. The number of hydrogen-bond donors (Lipinski definition) is 2. The summed E-state index contributed by atoms with van der Waals surface area (Å²) in [6.07, 6.45) is 10.9. The first-order chi connectivity index (χ1) is 13.4. The molecular formula is C21H18N6. The molecule has 0 atom stereocenters. The Balaban J connectivity index is 0.0000001000. The van der Waals surface area contributed by atoms with Gasteiger partial charge in [0.05, 0.1) is 11.6 Å². The van der Waals surface area contributed by atoms with Crippen molar-refractivity contribution >= 4 is 27.5 Å². The van der Waals surface area contributed by atoms with Gasteiger partial charge in [-0.2, -0.15) is 5.10 Å². The van der Waals surface area contributed by atoms with Crippen LogP contribution in [-0.4, -0.2) is 29.5 Å². The van der Waals surface area contributed by atoms with E-state index in [9.17, 15) is 0 Å². The Morgan fingerprint density at radius 1 is 0.778 bits per heavy atom. The topological polar surface area (TPSA) is 74.7 Å². The number of benzene rings is 1. The SMILES string of the molecule is c1ccc2[nH]ccc2c1.c1ccn2cccc2c1.c1ncc2cn[nH]c2n1. The Kier molecular flexibility index (Phi) is 4.88. The molecule has 2 N–H and O–H groups in total. The molecule has 0 aliphatic carbocycles. The molecule has 1 aromatic carbocycles. The summed E-state index contributed by atoms with van der Waals surface area (Å²) < 4.78 is 2.08. The van der Waals surface area contributed by atoms with Crippen LogP contribution in [0.25, 0.3) is 27.5 Å². The van der Waals surface area contributed by atoms with E-state index in [1.165, 1.54) is 22.7 Å². The molecule has 5 heterocycles. The molecule has 0 saturated heterocycles. The van der Waals surface area contributed by atoms with E-state index in [1.807, 2.05) is 48.9 Å². The van der Waals surface area contributed by atoms with Gasteiger partial charge in [-0.1, -0.05) is 24.3 Å². The highest BCUT2D eigenvalue weighted by molar-refractivity contribution is 5.78. The molecule has 6 nitrogen and oxygen atoms in total. The summed E-state index contributed by atoms with van der Waals surface area (Å²) in [6, 6.07) is 20.5. The predicted octanol–water partition coefficient (Wildman–Crippen LogP) is 4.46. The Labute approximate surface area is 155 Å². The summed E-state index contributed by atoms with van der Waals surface area (Å²) in [5, 5.41) is 8.71. The highest BCUT2D eigenvalue weighted by Gasteiger charge is 1.91. The van der Waals surface area contributed by atoms with Crippen molar-refractivity contribution in [3.8, 4) is 0 Å². The van der Waals surface area contributed by atoms with E-state index in [4.69, 9.17) is 0 Å². The number of para-hydroxylation sites is 1. The molecule has 0 bridgehead atoms. The van der Waals surface area contributed by atoms with Crippen LogP contribution in [0.5, 0.6) is 0 Å². The Hall–Kier alpha value is -3.93. The van der Waals surface area contributed by atoms with Crippen molar-refractivity contribution in [2.45, 2.75) is 0 Å². The number of nitrogens with zero attached hydrogens (tertiary/aromatic N) is 4.